The summed E-state index contributed by atoms with van der Waals surface area (Å²) in [6.07, 6.45) is 4.45. The Morgan fingerprint density at radius 2 is 2.40 bits per heavy atom. The summed E-state index contributed by atoms with van der Waals surface area (Å²) in [6.45, 7) is 7.40. The molecule has 0 aliphatic carbocycles. The molecule has 0 saturated carbocycles. The van der Waals surface area contributed by atoms with Crippen LogP contribution in [0.4, 0.5) is 5.95 Å². The van der Waals surface area contributed by atoms with Crippen molar-refractivity contribution in [2.75, 3.05) is 18.0 Å². The fraction of sp³-hybridized carbons (Fsp3) is 0.455. The Bertz CT molecular complexity index is 314. The molecule has 1 heterocycles. The van der Waals surface area contributed by atoms with Crippen LogP contribution in [-0.2, 0) is 6.61 Å². The van der Waals surface area contributed by atoms with Crippen molar-refractivity contribution in [1.29, 1.82) is 0 Å². The second-order valence-corrected chi connectivity index (χ2v) is 3.16. The molecule has 0 saturated heterocycles. The maximum atomic E-state index is 8.97. The van der Waals surface area contributed by atoms with E-state index >= 15 is 0 Å². The molecular formula is C11H17N3O. The van der Waals surface area contributed by atoms with Crippen molar-refractivity contribution in [3.05, 3.63) is 30.6 Å². The first kappa shape index (κ1) is 11.7. The van der Waals surface area contributed by atoms with E-state index in [2.05, 4.69) is 28.4 Å². The Labute approximate surface area is 90.3 Å². The topological polar surface area (TPSA) is 49.2 Å². The first-order valence-corrected chi connectivity index (χ1v) is 5.10. The smallest absolute Gasteiger partial charge is 0.225 e. The predicted octanol–water partition coefficient (Wildman–Crippen LogP) is 1.37. The van der Waals surface area contributed by atoms with E-state index < -0.39 is 0 Å². The van der Waals surface area contributed by atoms with Crippen molar-refractivity contribution in [2.24, 2.45) is 0 Å². The number of nitrogens with zero attached hydrogens (tertiary/aromatic N) is 3. The lowest BCUT2D eigenvalue weighted by Crippen LogP contribution is -2.25. The van der Waals surface area contributed by atoms with Gasteiger partial charge >= 0.3 is 0 Å². The van der Waals surface area contributed by atoms with Gasteiger partial charge in [-0.3, -0.25) is 0 Å². The normalized spacial score (nSPS) is 10.0. The van der Waals surface area contributed by atoms with Gasteiger partial charge in [-0.25, -0.2) is 9.97 Å². The number of aliphatic hydroxyl groups is 1. The van der Waals surface area contributed by atoms with Crippen LogP contribution in [0.15, 0.2) is 24.9 Å². The largest absolute Gasteiger partial charge is 0.390 e. The lowest BCUT2D eigenvalue weighted by molar-refractivity contribution is 0.276. The fourth-order valence-electron chi connectivity index (χ4n) is 1.27. The number of hydrogen-bond acceptors (Lipinski definition) is 4. The third-order valence-corrected chi connectivity index (χ3v) is 2.13. The fourth-order valence-corrected chi connectivity index (χ4v) is 1.27. The van der Waals surface area contributed by atoms with Gasteiger partial charge in [0.2, 0.25) is 5.95 Å². The van der Waals surface area contributed by atoms with Gasteiger partial charge in [0.1, 0.15) is 0 Å². The minimum atomic E-state index is -0.0471. The maximum Gasteiger partial charge on any atom is 0.225 e. The van der Waals surface area contributed by atoms with Gasteiger partial charge in [0.15, 0.2) is 0 Å². The number of hydrogen-bond donors (Lipinski definition) is 1. The lowest BCUT2D eigenvalue weighted by Gasteiger charge is -2.19. The maximum absolute atomic E-state index is 8.97. The first-order chi connectivity index (χ1) is 7.31. The van der Waals surface area contributed by atoms with Crippen molar-refractivity contribution in [3.63, 3.8) is 0 Å². The molecule has 0 unspecified atom stereocenters. The molecule has 0 fully saturated rings. The highest BCUT2D eigenvalue weighted by Crippen LogP contribution is 2.08. The molecular weight excluding hydrogens is 190 g/mol. The molecule has 15 heavy (non-hydrogen) atoms. The van der Waals surface area contributed by atoms with E-state index in [1.807, 2.05) is 6.08 Å². The molecule has 0 radical (unpaired) electrons. The molecule has 0 spiro atoms. The van der Waals surface area contributed by atoms with E-state index in [4.69, 9.17) is 5.11 Å². The Hall–Kier alpha value is -1.42. The number of aliphatic hydroxyl groups excluding tert-OH is 1. The summed E-state index contributed by atoms with van der Waals surface area (Å²) in [5, 5.41) is 8.97. The van der Waals surface area contributed by atoms with Crippen molar-refractivity contribution in [3.8, 4) is 0 Å². The highest BCUT2D eigenvalue weighted by molar-refractivity contribution is 5.29. The summed E-state index contributed by atoms with van der Waals surface area (Å²) in [4.78, 5) is 10.5. The van der Waals surface area contributed by atoms with Crippen LogP contribution in [-0.4, -0.2) is 28.2 Å². The average molecular weight is 207 g/mol. The number of rotatable bonds is 6. The van der Waals surface area contributed by atoms with Crippen molar-refractivity contribution in [1.82, 2.24) is 9.97 Å². The zero-order valence-corrected chi connectivity index (χ0v) is 9.06. The van der Waals surface area contributed by atoms with Crippen molar-refractivity contribution in [2.45, 2.75) is 20.0 Å². The summed E-state index contributed by atoms with van der Waals surface area (Å²) >= 11 is 0. The number of aromatic nitrogens is 2. The summed E-state index contributed by atoms with van der Waals surface area (Å²) < 4.78 is 0. The molecule has 1 rings (SSSR count). The van der Waals surface area contributed by atoms with Gasteiger partial charge in [0.05, 0.1) is 12.3 Å². The Balaban J connectivity index is 2.76. The Morgan fingerprint density at radius 3 is 3.00 bits per heavy atom. The zero-order chi connectivity index (χ0) is 11.1. The summed E-state index contributed by atoms with van der Waals surface area (Å²) in [5.41, 5.74) is 0.650. The first-order valence-electron chi connectivity index (χ1n) is 5.10. The van der Waals surface area contributed by atoms with E-state index in [0.29, 0.717) is 11.6 Å². The summed E-state index contributed by atoms with van der Waals surface area (Å²) in [5.74, 6) is 0.672. The highest BCUT2D eigenvalue weighted by Gasteiger charge is 2.06. The molecule has 0 atom stereocenters. The molecule has 0 amide bonds. The highest BCUT2D eigenvalue weighted by atomic mass is 16.3. The zero-order valence-electron chi connectivity index (χ0n) is 9.06. The van der Waals surface area contributed by atoms with Crippen LogP contribution in [0.25, 0.3) is 0 Å². The SMILES string of the molecule is C=CCCN(CC)c1nccc(CO)n1. The van der Waals surface area contributed by atoms with Gasteiger partial charge in [0, 0.05) is 19.3 Å². The molecule has 4 heteroatoms. The predicted molar refractivity (Wildman–Crippen MR) is 60.7 cm³/mol. The molecule has 0 aliphatic heterocycles. The van der Waals surface area contributed by atoms with Gasteiger partial charge in [-0.2, -0.15) is 0 Å². The van der Waals surface area contributed by atoms with Crippen LogP contribution in [0.5, 0.6) is 0 Å². The second-order valence-electron chi connectivity index (χ2n) is 3.16. The van der Waals surface area contributed by atoms with E-state index in [1.54, 1.807) is 12.3 Å². The number of anilines is 1. The van der Waals surface area contributed by atoms with Crippen LogP contribution in [0.1, 0.15) is 19.0 Å². The molecule has 1 N–H and O–H groups in total. The third kappa shape index (κ3) is 3.32. The van der Waals surface area contributed by atoms with Crippen molar-refractivity contribution < 1.29 is 5.11 Å². The van der Waals surface area contributed by atoms with Crippen LogP contribution >= 0.6 is 0 Å². The van der Waals surface area contributed by atoms with Gasteiger partial charge in [-0.1, -0.05) is 6.08 Å². The van der Waals surface area contributed by atoms with Crippen LogP contribution in [0.3, 0.4) is 0 Å². The lowest BCUT2D eigenvalue weighted by atomic mass is 10.4. The minimum Gasteiger partial charge on any atom is -0.390 e. The standard InChI is InChI=1S/C11H17N3O/c1-3-5-8-14(4-2)11-12-7-6-10(9-15)13-11/h3,6-7,15H,1,4-5,8-9H2,2H3. The van der Waals surface area contributed by atoms with E-state index in [0.717, 1.165) is 19.5 Å². The molecule has 82 valence electrons. The molecule has 0 aromatic carbocycles. The van der Waals surface area contributed by atoms with Gasteiger partial charge in [0.25, 0.3) is 0 Å². The van der Waals surface area contributed by atoms with Crippen LogP contribution < -0.4 is 4.90 Å². The Morgan fingerprint density at radius 1 is 1.60 bits per heavy atom. The molecule has 4 nitrogen and oxygen atoms in total. The van der Waals surface area contributed by atoms with Crippen LogP contribution in [0, 0.1) is 0 Å². The second kappa shape index (κ2) is 6.14. The minimum absolute atomic E-state index is 0.0471. The quantitative estimate of drug-likeness (QED) is 0.716. The Kier molecular flexibility index (Phi) is 4.77. The van der Waals surface area contributed by atoms with E-state index in [-0.39, 0.29) is 6.61 Å². The molecule has 0 aliphatic rings. The van der Waals surface area contributed by atoms with E-state index in [1.165, 1.54) is 0 Å². The van der Waals surface area contributed by atoms with Gasteiger partial charge < -0.3 is 10.0 Å². The summed E-state index contributed by atoms with van der Waals surface area (Å²) in [6, 6.07) is 1.71. The van der Waals surface area contributed by atoms with Gasteiger partial charge in [-0.15, -0.1) is 6.58 Å². The average Bonchev–Trinajstić information content (AvgIpc) is 2.30. The third-order valence-electron chi connectivity index (χ3n) is 2.13. The van der Waals surface area contributed by atoms with Crippen LogP contribution in [0.2, 0.25) is 0 Å². The molecule has 1 aromatic rings. The van der Waals surface area contributed by atoms with E-state index in [9.17, 15) is 0 Å². The molecule has 0 bridgehead atoms. The molecule has 1 aromatic heterocycles. The van der Waals surface area contributed by atoms with Gasteiger partial charge in [-0.05, 0) is 19.4 Å². The monoisotopic (exact) mass is 207 g/mol. The summed E-state index contributed by atoms with van der Waals surface area (Å²) in [7, 11) is 0. The van der Waals surface area contributed by atoms with Crippen molar-refractivity contribution >= 4 is 5.95 Å².